The molecule has 0 atom stereocenters. The van der Waals surface area contributed by atoms with Crippen molar-refractivity contribution in [2.75, 3.05) is 26.0 Å². The molecule has 0 saturated carbocycles. The third-order valence-electron chi connectivity index (χ3n) is 3.43. The largest absolute Gasteiger partial charge is 0.398 e. The number of halogens is 1. The lowest BCUT2D eigenvalue weighted by Gasteiger charge is -2.30. The van der Waals surface area contributed by atoms with Gasteiger partial charge in [0.2, 0.25) is 10.0 Å². The molecule has 0 aliphatic rings. The maximum absolute atomic E-state index is 12.9. The van der Waals surface area contributed by atoms with Gasteiger partial charge in [-0.1, -0.05) is 31.5 Å². The first-order valence-corrected chi connectivity index (χ1v) is 8.76. The molecule has 0 radical (unpaired) electrons. The van der Waals surface area contributed by atoms with Gasteiger partial charge in [-0.3, -0.25) is 0 Å². The summed E-state index contributed by atoms with van der Waals surface area (Å²) in [6, 6.07) is 4.60. The SMILES string of the molecule is CCC(CC)N(CCOC)S(=O)(=O)c1c(N)cccc1Cl. The van der Waals surface area contributed by atoms with Crippen LogP contribution < -0.4 is 5.73 Å². The number of nitrogen functional groups attached to an aromatic ring is 1. The highest BCUT2D eigenvalue weighted by molar-refractivity contribution is 7.89. The molecular weight excluding hydrogens is 312 g/mol. The Labute approximate surface area is 132 Å². The summed E-state index contributed by atoms with van der Waals surface area (Å²) in [4.78, 5) is -0.0188. The number of anilines is 1. The summed E-state index contributed by atoms with van der Waals surface area (Å²) in [5.41, 5.74) is 6.00. The molecule has 1 aromatic rings. The standard InChI is InChI=1S/C14H23ClN2O3S/c1-4-11(5-2)17(9-10-20-3)21(18,19)14-12(15)7-6-8-13(14)16/h6-8,11H,4-5,9-10,16H2,1-3H3. The zero-order valence-corrected chi connectivity index (χ0v) is 14.2. The van der Waals surface area contributed by atoms with Crippen LogP contribution in [0.15, 0.2) is 23.1 Å². The Morgan fingerprint density at radius 3 is 2.43 bits per heavy atom. The number of hydrogen-bond acceptors (Lipinski definition) is 4. The zero-order chi connectivity index (χ0) is 16.0. The van der Waals surface area contributed by atoms with Gasteiger partial charge >= 0.3 is 0 Å². The van der Waals surface area contributed by atoms with Gasteiger partial charge in [0, 0.05) is 19.7 Å². The molecule has 0 aliphatic heterocycles. The first-order chi connectivity index (χ1) is 9.89. The van der Waals surface area contributed by atoms with Crippen molar-refractivity contribution in [2.24, 2.45) is 0 Å². The van der Waals surface area contributed by atoms with Gasteiger partial charge in [-0.2, -0.15) is 4.31 Å². The van der Waals surface area contributed by atoms with E-state index >= 15 is 0 Å². The topological polar surface area (TPSA) is 72.6 Å². The van der Waals surface area contributed by atoms with Crippen molar-refractivity contribution in [2.45, 2.75) is 37.6 Å². The molecular formula is C14H23ClN2O3S. The lowest BCUT2D eigenvalue weighted by Crippen LogP contribution is -2.42. The number of benzene rings is 1. The molecule has 1 rings (SSSR count). The van der Waals surface area contributed by atoms with E-state index in [-0.39, 0.29) is 28.2 Å². The maximum atomic E-state index is 12.9. The van der Waals surface area contributed by atoms with Crippen LogP contribution in [0.3, 0.4) is 0 Å². The Morgan fingerprint density at radius 1 is 1.33 bits per heavy atom. The van der Waals surface area contributed by atoms with E-state index in [1.807, 2.05) is 13.8 Å². The van der Waals surface area contributed by atoms with Crippen molar-refractivity contribution in [3.8, 4) is 0 Å². The smallest absolute Gasteiger partial charge is 0.246 e. The highest BCUT2D eigenvalue weighted by Crippen LogP contribution is 2.31. The first kappa shape index (κ1) is 18.2. The van der Waals surface area contributed by atoms with Crippen molar-refractivity contribution in [1.82, 2.24) is 4.31 Å². The summed E-state index contributed by atoms with van der Waals surface area (Å²) in [5.74, 6) is 0. The molecule has 1 aromatic carbocycles. The second-order valence-corrected chi connectivity index (χ2v) is 6.97. The minimum Gasteiger partial charge on any atom is -0.398 e. The second-order valence-electron chi connectivity index (χ2n) is 4.74. The van der Waals surface area contributed by atoms with Gasteiger partial charge in [0.05, 0.1) is 17.3 Å². The molecule has 0 unspecified atom stereocenters. The van der Waals surface area contributed by atoms with Crippen molar-refractivity contribution >= 4 is 27.3 Å². The maximum Gasteiger partial charge on any atom is 0.246 e. The predicted octanol–water partition coefficient (Wildman–Crippen LogP) is 2.75. The summed E-state index contributed by atoms with van der Waals surface area (Å²) in [6.45, 7) is 4.51. The molecule has 7 heteroatoms. The number of hydrogen-bond donors (Lipinski definition) is 1. The highest BCUT2D eigenvalue weighted by atomic mass is 35.5. The molecule has 0 bridgehead atoms. The number of sulfonamides is 1. The average Bonchev–Trinajstić information content (AvgIpc) is 2.42. The normalized spacial score (nSPS) is 12.3. The number of nitrogens with two attached hydrogens (primary N) is 1. The number of ether oxygens (including phenoxy) is 1. The van der Waals surface area contributed by atoms with Gasteiger partial charge in [-0.15, -0.1) is 0 Å². The monoisotopic (exact) mass is 334 g/mol. The molecule has 0 amide bonds. The van der Waals surface area contributed by atoms with Crippen LogP contribution in [0.4, 0.5) is 5.69 Å². The summed E-state index contributed by atoms with van der Waals surface area (Å²) < 4.78 is 32.4. The van der Waals surface area contributed by atoms with Crippen LogP contribution in [-0.4, -0.2) is 39.0 Å². The highest BCUT2D eigenvalue weighted by Gasteiger charge is 2.32. The van der Waals surface area contributed by atoms with Crippen molar-refractivity contribution < 1.29 is 13.2 Å². The molecule has 0 aromatic heterocycles. The lowest BCUT2D eigenvalue weighted by atomic mass is 10.2. The third-order valence-corrected chi connectivity index (χ3v) is 5.93. The fourth-order valence-corrected chi connectivity index (χ4v) is 4.69. The molecule has 5 nitrogen and oxygen atoms in total. The van der Waals surface area contributed by atoms with E-state index in [0.717, 1.165) is 0 Å². The predicted molar refractivity (Wildman–Crippen MR) is 86.0 cm³/mol. The third kappa shape index (κ3) is 4.10. The van der Waals surface area contributed by atoms with Crippen LogP contribution in [0.1, 0.15) is 26.7 Å². The fraction of sp³-hybridized carbons (Fsp3) is 0.571. The van der Waals surface area contributed by atoms with Crippen molar-refractivity contribution in [3.05, 3.63) is 23.2 Å². The van der Waals surface area contributed by atoms with E-state index in [4.69, 9.17) is 22.1 Å². The fourth-order valence-electron chi connectivity index (χ4n) is 2.29. The molecule has 120 valence electrons. The van der Waals surface area contributed by atoms with Gasteiger partial charge in [-0.25, -0.2) is 8.42 Å². The Hall–Kier alpha value is -0.820. The first-order valence-electron chi connectivity index (χ1n) is 6.94. The van der Waals surface area contributed by atoms with E-state index in [2.05, 4.69) is 0 Å². The Bertz CT molecular complexity index is 539. The summed E-state index contributed by atoms with van der Waals surface area (Å²) in [5, 5.41) is 0.142. The van der Waals surface area contributed by atoms with Gasteiger partial charge in [-0.05, 0) is 25.0 Å². The minimum atomic E-state index is -3.76. The molecule has 21 heavy (non-hydrogen) atoms. The molecule has 0 heterocycles. The van der Waals surface area contributed by atoms with E-state index in [1.54, 1.807) is 19.2 Å². The van der Waals surface area contributed by atoms with Gasteiger partial charge < -0.3 is 10.5 Å². The van der Waals surface area contributed by atoms with Crippen LogP contribution in [0.2, 0.25) is 5.02 Å². The van der Waals surface area contributed by atoms with Gasteiger partial charge in [0.25, 0.3) is 0 Å². The summed E-state index contributed by atoms with van der Waals surface area (Å²) >= 11 is 6.07. The van der Waals surface area contributed by atoms with Crippen molar-refractivity contribution in [1.29, 1.82) is 0 Å². The Kier molecular flexibility index (Phi) is 6.93. The quantitative estimate of drug-likeness (QED) is 0.742. The average molecular weight is 335 g/mol. The number of rotatable bonds is 8. The Morgan fingerprint density at radius 2 is 1.95 bits per heavy atom. The summed E-state index contributed by atoms with van der Waals surface area (Å²) in [6.07, 6.45) is 1.42. The summed E-state index contributed by atoms with van der Waals surface area (Å²) in [7, 11) is -2.22. The van der Waals surface area contributed by atoms with Gasteiger partial charge in [0.15, 0.2) is 0 Å². The second kappa shape index (κ2) is 7.98. The number of methoxy groups -OCH3 is 1. The van der Waals surface area contributed by atoms with E-state index in [9.17, 15) is 8.42 Å². The molecule has 0 spiro atoms. The van der Waals surface area contributed by atoms with Gasteiger partial charge in [0.1, 0.15) is 4.90 Å². The molecule has 0 aliphatic carbocycles. The molecule has 0 fully saturated rings. The minimum absolute atomic E-state index is 0.0188. The van der Waals surface area contributed by atoms with Crippen LogP contribution >= 0.6 is 11.6 Å². The molecule has 0 saturated heterocycles. The number of nitrogens with zero attached hydrogens (tertiary/aromatic N) is 1. The zero-order valence-electron chi connectivity index (χ0n) is 12.7. The van der Waals surface area contributed by atoms with Crippen LogP contribution in [0, 0.1) is 0 Å². The van der Waals surface area contributed by atoms with E-state index in [0.29, 0.717) is 19.4 Å². The van der Waals surface area contributed by atoms with Crippen LogP contribution in [0.5, 0.6) is 0 Å². The lowest BCUT2D eigenvalue weighted by molar-refractivity contribution is 0.163. The van der Waals surface area contributed by atoms with Crippen LogP contribution in [-0.2, 0) is 14.8 Å². The Balaban J connectivity index is 3.33. The van der Waals surface area contributed by atoms with E-state index < -0.39 is 10.0 Å². The van der Waals surface area contributed by atoms with Crippen molar-refractivity contribution in [3.63, 3.8) is 0 Å². The van der Waals surface area contributed by atoms with E-state index in [1.165, 1.54) is 10.4 Å². The molecule has 2 N–H and O–H groups in total. The van der Waals surface area contributed by atoms with Crippen LogP contribution in [0.25, 0.3) is 0 Å².